The molecule has 0 atom stereocenters. The Kier molecular flexibility index (Phi) is 5.21. The van der Waals surface area contributed by atoms with E-state index in [9.17, 15) is 14.9 Å². The summed E-state index contributed by atoms with van der Waals surface area (Å²) in [7, 11) is 0. The number of nitro groups is 1. The highest BCUT2D eigenvalue weighted by Gasteiger charge is 2.28. The molecule has 5 rings (SSSR count). The minimum absolute atomic E-state index is 0.0701. The van der Waals surface area contributed by atoms with E-state index >= 15 is 0 Å². The Morgan fingerprint density at radius 3 is 2.45 bits per heavy atom. The topological polar surface area (TPSA) is 106 Å². The fourth-order valence-electron chi connectivity index (χ4n) is 4.23. The van der Waals surface area contributed by atoms with Gasteiger partial charge in [0.05, 0.1) is 27.3 Å². The monoisotopic (exact) mass is 443 g/mol. The molecule has 9 heteroatoms. The summed E-state index contributed by atoms with van der Waals surface area (Å²) in [5, 5.41) is 16.0. The van der Waals surface area contributed by atoms with Crippen LogP contribution in [0, 0.1) is 17.0 Å². The van der Waals surface area contributed by atoms with Crippen LogP contribution in [0.2, 0.25) is 0 Å². The molecule has 33 heavy (non-hydrogen) atoms. The number of hydrogen-bond donors (Lipinski definition) is 0. The van der Waals surface area contributed by atoms with Gasteiger partial charge >= 0.3 is 0 Å². The van der Waals surface area contributed by atoms with Crippen LogP contribution < -0.4 is 4.90 Å². The average molecular weight is 443 g/mol. The maximum Gasteiger partial charge on any atom is 0.292 e. The highest BCUT2D eigenvalue weighted by molar-refractivity contribution is 6.07. The normalized spacial score (nSPS) is 14.0. The number of para-hydroxylation sites is 2. The van der Waals surface area contributed by atoms with E-state index in [0.29, 0.717) is 59.9 Å². The SMILES string of the molecule is Cc1noc2nc(-c3ccccc3)cc(C(=O)N3CCN(c4ccccc4[N+](=O)[O-])CC3)c12. The Morgan fingerprint density at radius 2 is 1.73 bits per heavy atom. The molecule has 0 aliphatic carbocycles. The van der Waals surface area contributed by atoms with Gasteiger partial charge in [0.15, 0.2) is 0 Å². The molecule has 1 fully saturated rings. The first-order chi connectivity index (χ1) is 16.0. The van der Waals surface area contributed by atoms with E-state index in [1.54, 1.807) is 36.1 Å². The number of anilines is 1. The highest BCUT2D eigenvalue weighted by atomic mass is 16.6. The van der Waals surface area contributed by atoms with Gasteiger partial charge in [0.25, 0.3) is 17.3 Å². The molecule has 0 bridgehead atoms. The van der Waals surface area contributed by atoms with Crippen molar-refractivity contribution >= 4 is 28.4 Å². The van der Waals surface area contributed by atoms with Gasteiger partial charge in [-0.3, -0.25) is 14.9 Å². The van der Waals surface area contributed by atoms with Crippen molar-refractivity contribution in [3.05, 3.63) is 82.0 Å². The first-order valence-corrected chi connectivity index (χ1v) is 10.6. The van der Waals surface area contributed by atoms with Crippen LogP contribution in [0.3, 0.4) is 0 Å². The number of pyridine rings is 1. The second kappa shape index (κ2) is 8.34. The van der Waals surface area contributed by atoms with Gasteiger partial charge in [-0.1, -0.05) is 47.6 Å². The molecule has 2 aromatic carbocycles. The summed E-state index contributed by atoms with van der Waals surface area (Å²) >= 11 is 0. The summed E-state index contributed by atoms with van der Waals surface area (Å²) in [6.07, 6.45) is 0. The van der Waals surface area contributed by atoms with Gasteiger partial charge in [-0.2, -0.15) is 0 Å². The molecule has 0 spiro atoms. The Hall–Kier alpha value is -4.27. The summed E-state index contributed by atoms with van der Waals surface area (Å²) in [6.45, 7) is 3.68. The maximum atomic E-state index is 13.6. The fourth-order valence-corrected chi connectivity index (χ4v) is 4.23. The highest BCUT2D eigenvalue weighted by Crippen LogP contribution is 2.30. The van der Waals surface area contributed by atoms with Crippen molar-refractivity contribution in [3.63, 3.8) is 0 Å². The van der Waals surface area contributed by atoms with Crippen LogP contribution in [0.1, 0.15) is 16.1 Å². The first-order valence-electron chi connectivity index (χ1n) is 10.6. The lowest BCUT2D eigenvalue weighted by Gasteiger charge is -2.36. The average Bonchev–Trinajstić information content (AvgIpc) is 3.24. The minimum atomic E-state index is -0.375. The van der Waals surface area contributed by atoms with Crippen molar-refractivity contribution in [1.29, 1.82) is 0 Å². The molecule has 0 saturated carbocycles. The number of nitrogens with zero attached hydrogens (tertiary/aromatic N) is 5. The van der Waals surface area contributed by atoms with E-state index in [1.165, 1.54) is 6.07 Å². The van der Waals surface area contributed by atoms with Crippen LogP contribution in [0.4, 0.5) is 11.4 Å². The van der Waals surface area contributed by atoms with Crippen LogP contribution in [0.15, 0.2) is 65.2 Å². The van der Waals surface area contributed by atoms with E-state index < -0.39 is 0 Å². The fraction of sp³-hybridized carbons (Fsp3) is 0.208. The number of carbonyl (C=O) groups excluding carboxylic acids is 1. The third kappa shape index (κ3) is 3.78. The van der Waals surface area contributed by atoms with Crippen molar-refractivity contribution in [3.8, 4) is 11.3 Å². The molecule has 0 N–H and O–H groups in total. The third-order valence-electron chi connectivity index (χ3n) is 5.90. The van der Waals surface area contributed by atoms with Gasteiger partial charge < -0.3 is 14.3 Å². The molecule has 3 heterocycles. The number of benzene rings is 2. The number of rotatable bonds is 4. The number of aryl methyl sites for hydroxylation is 1. The molecule has 1 amide bonds. The Balaban J connectivity index is 1.43. The van der Waals surface area contributed by atoms with Gasteiger partial charge in [-0.15, -0.1) is 0 Å². The van der Waals surface area contributed by atoms with Crippen molar-refractivity contribution in [2.24, 2.45) is 0 Å². The predicted octanol–water partition coefficient (Wildman–Crippen LogP) is 4.07. The third-order valence-corrected chi connectivity index (χ3v) is 5.90. The number of nitro benzene ring substituents is 1. The van der Waals surface area contributed by atoms with Gasteiger partial charge in [-0.05, 0) is 19.1 Å². The molecule has 2 aromatic heterocycles. The van der Waals surface area contributed by atoms with Gasteiger partial charge in [0, 0.05) is 37.8 Å². The molecule has 4 aromatic rings. The van der Waals surface area contributed by atoms with Gasteiger partial charge in [0.2, 0.25) is 0 Å². The summed E-state index contributed by atoms with van der Waals surface area (Å²) < 4.78 is 5.40. The lowest BCUT2D eigenvalue weighted by Crippen LogP contribution is -2.49. The van der Waals surface area contributed by atoms with Crippen LogP contribution in [0.5, 0.6) is 0 Å². The van der Waals surface area contributed by atoms with Crippen molar-refractivity contribution in [2.75, 3.05) is 31.1 Å². The number of piperazine rings is 1. The van der Waals surface area contributed by atoms with Crippen LogP contribution >= 0.6 is 0 Å². The Labute approximate surface area is 189 Å². The van der Waals surface area contributed by atoms with Crippen LogP contribution in [-0.4, -0.2) is 52.1 Å². The summed E-state index contributed by atoms with van der Waals surface area (Å²) in [6, 6.07) is 18.1. The zero-order chi connectivity index (χ0) is 22.9. The molecule has 0 unspecified atom stereocenters. The molecular weight excluding hydrogens is 422 g/mol. The molecule has 1 saturated heterocycles. The predicted molar refractivity (Wildman–Crippen MR) is 123 cm³/mol. The summed E-state index contributed by atoms with van der Waals surface area (Å²) in [5.74, 6) is -0.131. The number of fused-ring (bicyclic) bond motifs is 1. The zero-order valence-electron chi connectivity index (χ0n) is 18.0. The minimum Gasteiger partial charge on any atom is -0.362 e. The Bertz CT molecular complexity index is 1340. The van der Waals surface area contributed by atoms with E-state index in [4.69, 9.17) is 4.52 Å². The molecule has 0 radical (unpaired) electrons. The van der Waals surface area contributed by atoms with Gasteiger partial charge in [-0.25, -0.2) is 4.98 Å². The summed E-state index contributed by atoms with van der Waals surface area (Å²) in [4.78, 5) is 32.9. The largest absolute Gasteiger partial charge is 0.362 e. The lowest BCUT2D eigenvalue weighted by molar-refractivity contribution is -0.384. The van der Waals surface area contributed by atoms with E-state index in [-0.39, 0.29) is 16.5 Å². The van der Waals surface area contributed by atoms with Crippen molar-refractivity contribution < 1.29 is 14.2 Å². The quantitative estimate of drug-likeness (QED) is 0.346. The standard InChI is InChI=1S/C24H21N5O4/c1-16-22-18(15-19(25-23(22)33-26-16)17-7-3-2-4-8-17)24(30)28-13-11-27(12-14-28)20-9-5-6-10-21(20)29(31)32/h2-10,15H,11-14H2,1H3. The van der Waals surface area contributed by atoms with E-state index in [0.717, 1.165) is 5.56 Å². The molecular formula is C24H21N5O4. The van der Waals surface area contributed by atoms with Crippen molar-refractivity contribution in [1.82, 2.24) is 15.0 Å². The van der Waals surface area contributed by atoms with Crippen LogP contribution in [0.25, 0.3) is 22.4 Å². The second-order valence-corrected chi connectivity index (χ2v) is 7.89. The molecule has 1 aliphatic heterocycles. The second-order valence-electron chi connectivity index (χ2n) is 7.89. The first kappa shape index (κ1) is 20.6. The number of aromatic nitrogens is 2. The van der Waals surface area contributed by atoms with E-state index in [1.807, 2.05) is 35.2 Å². The number of carbonyl (C=O) groups is 1. The number of amides is 1. The smallest absolute Gasteiger partial charge is 0.292 e. The maximum absolute atomic E-state index is 13.6. The van der Waals surface area contributed by atoms with Crippen molar-refractivity contribution in [2.45, 2.75) is 6.92 Å². The van der Waals surface area contributed by atoms with Gasteiger partial charge in [0.1, 0.15) is 5.69 Å². The van der Waals surface area contributed by atoms with Crippen LogP contribution in [-0.2, 0) is 0 Å². The Morgan fingerprint density at radius 1 is 1.03 bits per heavy atom. The zero-order valence-corrected chi connectivity index (χ0v) is 18.0. The number of hydrogen-bond acceptors (Lipinski definition) is 7. The molecule has 9 nitrogen and oxygen atoms in total. The summed E-state index contributed by atoms with van der Waals surface area (Å²) in [5.41, 5.74) is 3.60. The lowest BCUT2D eigenvalue weighted by atomic mass is 10.0. The molecule has 1 aliphatic rings. The molecule has 166 valence electrons. The van der Waals surface area contributed by atoms with E-state index in [2.05, 4.69) is 10.1 Å².